The van der Waals surface area contributed by atoms with E-state index in [1.807, 2.05) is 13.8 Å². The lowest BCUT2D eigenvalue weighted by molar-refractivity contribution is 0.258. The molecule has 0 fully saturated rings. The number of nitrogens with zero attached hydrogens (tertiary/aromatic N) is 4. The van der Waals surface area contributed by atoms with E-state index in [2.05, 4.69) is 31.0 Å². The number of nitrogens with two attached hydrogens (primary N) is 2. The smallest absolute Gasteiger partial charge is 0.316 e. The molecule has 0 atom stereocenters. The van der Waals surface area contributed by atoms with Gasteiger partial charge >= 0.3 is 12.1 Å². The first-order valence-electron chi connectivity index (χ1n) is 11.8. The monoisotopic (exact) mass is 521 g/mol. The largest absolute Gasteiger partial charge is 0.493 e. The van der Waals surface area contributed by atoms with Crippen molar-refractivity contribution in [2.75, 3.05) is 23.8 Å². The highest BCUT2D eigenvalue weighted by atomic mass is 16.5. The molecule has 0 bridgehead atoms. The summed E-state index contributed by atoms with van der Waals surface area (Å²) in [5.74, 6) is 0.863. The van der Waals surface area contributed by atoms with Crippen LogP contribution in [0.1, 0.15) is 26.7 Å². The van der Waals surface area contributed by atoms with E-state index >= 15 is 0 Å². The molecule has 0 aliphatic rings. The van der Waals surface area contributed by atoms with E-state index in [1.54, 1.807) is 30.3 Å². The van der Waals surface area contributed by atoms with E-state index in [4.69, 9.17) is 20.9 Å². The number of urea groups is 2. The van der Waals surface area contributed by atoms with E-state index in [1.165, 1.54) is 10.6 Å². The van der Waals surface area contributed by atoms with Crippen molar-refractivity contribution in [2.45, 2.75) is 26.7 Å². The Morgan fingerprint density at radius 2 is 1.55 bits per heavy atom. The number of rotatable bonds is 10. The highest BCUT2D eigenvalue weighted by molar-refractivity contribution is 5.90. The minimum absolute atomic E-state index is 0.0471. The second kappa shape index (κ2) is 11.3. The Morgan fingerprint density at radius 3 is 2.18 bits per heavy atom. The standard InChI is InChI=1S/C24H27N9O5/c1-3-9-37-17-7-5-13(27-23(25)35)11-15(17)21-29-20-19(30-32-31-20)22(34)33(21)16-12-14(28-24(26)36)6-8-18(16)38-10-4-2/h5-8,11-12H,3-4,9-10H2,1-2H3,(H3,25,27,35)(H3,26,28,36)(H,30,31,32). The molecule has 0 unspecified atom stereocenters. The number of amides is 4. The van der Waals surface area contributed by atoms with Crippen LogP contribution in [0, 0.1) is 0 Å². The summed E-state index contributed by atoms with van der Waals surface area (Å²) in [7, 11) is 0. The van der Waals surface area contributed by atoms with Gasteiger partial charge in [0.25, 0.3) is 5.56 Å². The van der Waals surface area contributed by atoms with Crippen LogP contribution in [-0.2, 0) is 0 Å². The van der Waals surface area contributed by atoms with Crippen LogP contribution in [0.25, 0.3) is 28.2 Å². The molecule has 0 aliphatic carbocycles. The Hall–Kier alpha value is -5.14. The summed E-state index contributed by atoms with van der Waals surface area (Å²) in [5.41, 5.74) is 11.5. The predicted molar refractivity (Wildman–Crippen MR) is 141 cm³/mol. The molecule has 198 valence electrons. The van der Waals surface area contributed by atoms with Crippen LogP contribution in [0.4, 0.5) is 21.0 Å². The van der Waals surface area contributed by atoms with Gasteiger partial charge in [0, 0.05) is 11.4 Å². The average molecular weight is 522 g/mol. The SMILES string of the molecule is CCCOc1ccc(NC(N)=O)cc1-c1nc2nn[nH]c2c(=O)n1-c1cc(NC(N)=O)ccc1OCCC. The summed E-state index contributed by atoms with van der Waals surface area (Å²) < 4.78 is 13.2. The molecule has 4 amide bonds. The molecule has 2 heterocycles. The number of carbonyl (C=O) groups excluding carboxylic acids is 2. The van der Waals surface area contributed by atoms with Crippen LogP contribution in [0.3, 0.4) is 0 Å². The third-order valence-electron chi connectivity index (χ3n) is 5.25. The van der Waals surface area contributed by atoms with Gasteiger partial charge < -0.3 is 31.6 Å². The molecule has 0 aliphatic heterocycles. The van der Waals surface area contributed by atoms with Gasteiger partial charge in [0.15, 0.2) is 11.3 Å². The lowest BCUT2D eigenvalue weighted by Gasteiger charge is -2.19. The predicted octanol–water partition coefficient (Wildman–Crippen LogP) is 2.73. The number of ether oxygens (including phenoxy) is 2. The summed E-state index contributed by atoms with van der Waals surface area (Å²) in [6, 6.07) is 8.03. The zero-order valence-corrected chi connectivity index (χ0v) is 20.8. The van der Waals surface area contributed by atoms with Crippen LogP contribution in [0.2, 0.25) is 0 Å². The molecule has 0 spiro atoms. The van der Waals surface area contributed by atoms with Crippen molar-refractivity contribution in [1.82, 2.24) is 25.0 Å². The van der Waals surface area contributed by atoms with Crippen molar-refractivity contribution in [3.05, 3.63) is 46.8 Å². The number of anilines is 2. The van der Waals surface area contributed by atoms with E-state index in [0.717, 1.165) is 6.42 Å². The van der Waals surface area contributed by atoms with Crippen molar-refractivity contribution in [1.29, 1.82) is 0 Å². The Balaban J connectivity index is 2.06. The maximum atomic E-state index is 13.8. The molecular weight excluding hydrogens is 494 g/mol. The Labute approximate surface area is 216 Å². The molecule has 0 saturated heterocycles. The lowest BCUT2D eigenvalue weighted by atomic mass is 10.1. The molecule has 38 heavy (non-hydrogen) atoms. The number of aromatic nitrogens is 5. The number of primary amides is 2. The molecule has 2 aromatic carbocycles. The van der Waals surface area contributed by atoms with Gasteiger partial charge in [-0.3, -0.25) is 14.5 Å². The lowest BCUT2D eigenvalue weighted by Crippen LogP contribution is -2.24. The summed E-state index contributed by atoms with van der Waals surface area (Å²) in [4.78, 5) is 41.6. The summed E-state index contributed by atoms with van der Waals surface area (Å²) >= 11 is 0. The topological polar surface area (TPSA) is 205 Å². The third-order valence-corrected chi connectivity index (χ3v) is 5.25. The number of aromatic amines is 1. The first-order valence-corrected chi connectivity index (χ1v) is 11.8. The fourth-order valence-electron chi connectivity index (χ4n) is 3.72. The van der Waals surface area contributed by atoms with Gasteiger partial charge in [-0.1, -0.05) is 19.1 Å². The summed E-state index contributed by atoms with van der Waals surface area (Å²) in [5, 5.41) is 15.3. The first kappa shape index (κ1) is 25.9. The molecule has 14 nitrogen and oxygen atoms in total. The minimum Gasteiger partial charge on any atom is -0.493 e. The number of benzene rings is 2. The van der Waals surface area contributed by atoms with Gasteiger partial charge in [0.05, 0.1) is 24.5 Å². The summed E-state index contributed by atoms with van der Waals surface area (Å²) in [6.45, 7) is 4.64. The van der Waals surface area contributed by atoms with Crippen molar-refractivity contribution >= 4 is 34.6 Å². The normalized spacial score (nSPS) is 10.8. The van der Waals surface area contributed by atoms with Crippen molar-refractivity contribution in [3.63, 3.8) is 0 Å². The van der Waals surface area contributed by atoms with Crippen LogP contribution < -0.4 is 37.1 Å². The molecule has 4 aromatic rings. The van der Waals surface area contributed by atoms with E-state index < -0.39 is 17.6 Å². The van der Waals surface area contributed by atoms with Crippen molar-refractivity contribution < 1.29 is 19.1 Å². The number of carbonyl (C=O) groups is 2. The van der Waals surface area contributed by atoms with Crippen molar-refractivity contribution in [3.8, 4) is 28.6 Å². The fourth-order valence-corrected chi connectivity index (χ4v) is 3.72. The van der Waals surface area contributed by atoms with Gasteiger partial charge in [-0.2, -0.15) is 0 Å². The minimum atomic E-state index is -0.780. The first-order chi connectivity index (χ1) is 18.3. The van der Waals surface area contributed by atoms with Gasteiger partial charge in [0.1, 0.15) is 11.5 Å². The Bertz CT molecular complexity index is 1550. The van der Waals surface area contributed by atoms with Gasteiger partial charge in [-0.15, -0.1) is 5.10 Å². The zero-order valence-electron chi connectivity index (χ0n) is 20.8. The second-order valence-corrected chi connectivity index (χ2v) is 8.16. The molecule has 7 N–H and O–H groups in total. The summed E-state index contributed by atoms with van der Waals surface area (Å²) in [6.07, 6.45) is 1.43. The van der Waals surface area contributed by atoms with E-state index in [0.29, 0.717) is 48.1 Å². The van der Waals surface area contributed by atoms with Gasteiger partial charge in [-0.05, 0) is 49.2 Å². The highest BCUT2D eigenvalue weighted by Gasteiger charge is 2.23. The zero-order chi connectivity index (χ0) is 27.2. The average Bonchev–Trinajstić information content (AvgIpc) is 3.35. The number of fused-ring (bicyclic) bond motifs is 1. The van der Waals surface area contributed by atoms with E-state index in [-0.39, 0.29) is 22.7 Å². The maximum absolute atomic E-state index is 13.8. The number of H-pyrrole nitrogens is 1. The molecular formula is C24H27N9O5. The second-order valence-electron chi connectivity index (χ2n) is 8.16. The van der Waals surface area contributed by atoms with Crippen LogP contribution in [-0.4, -0.2) is 50.2 Å². The van der Waals surface area contributed by atoms with Gasteiger partial charge in [0.2, 0.25) is 5.65 Å². The van der Waals surface area contributed by atoms with Crippen molar-refractivity contribution in [2.24, 2.45) is 11.5 Å². The number of hydrogen-bond acceptors (Lipinski definition) is 8. The number of nitrogens with one attached hydrogen (secondary N) is 3. The quantitative estimate of drug-likeness (QED) is 0.209. The maximum Gasteiger partial charge on any atom is 0.316 e. The number of hydrogen-bond donors (Lipinski definition) is 5. The fraction of sp³-hybridized carbons (Fsp3) is 0.250. The Kier molecular flexibility index (Phi) is 7.70. The third kappa shape index (κ3) is 5.48. The molecule has 4 rings (SSSR count). The highest BCUT2D eigenvalue weighted by Crippen LogP contribution is 2.35. The molecule has 14 heteroatoms. The molecule has 0 radical (unpaired) electrons. The van der Waals surface area contributed by atoms with Gasteiger partial charge in [-0.25, -0.2) is 14.6 Å². The van der Waals surface area contributed by atoms with Crippen LogP contribution in [0.5, 0.6) is 11.5 Å². The van der Waals surface area contributed by atoms with Crippen LogP contribution >= 0.6 is 0 Å². The Morgan fingerprint density at radius 1 is 0.947 bits per heavy atom. The van der Waals surface area contributed by atoms with Crippen LogP contribution in [0.15, 0.2) is 41.2 Å². The van der Waals surface area contributed by atoms with E-state index in [9.17, 15) is 14.4 Å². The molecule has 0 saturated carbocycles. The molecule has 2 aromatic heterocycles.